The van der Waals surface area contributed by atoms with Gasteiger partial charge in [0.25, 0.3) is 0 Å². The maximum atomic E-state index is 11.9. The van der Waals surface area contributed by atoms with E-state index in [9.17, 15) is 4.79 Å². The largest absolute Gasteiger partial charge is 0.444 e. The molecule has 0 aliphatic heterocycles. The van der Waals surface area contributed by atoms with Crippen molar-refractivity contribution in [1.82, 2.24) is 4.90 Å². The number of amides is 1. The van der Waals surface area contributed by atoms with Crippen molar-refractivity contribution in [2.75, 3.05) is 152 Å². The molecular weight excluding hydrogens is 642 g/mol. The molecule has 0 bridgehead atoms. The summed E-state index contributed by atoms with van der Waals surface area (Å²) in [6, 6.07) is 10.1. The molecule has 0 radical (unpaired) electrons. The fraction of sp³-hybridized carbons (Fsp3) is 0.800. The van der Waals surface area contributed by atoms with Gasteiger partial charge in [-0.05, 0) is 26.3 Å². The molecule has 49 heavy (non-hydrogen) atoms. The van der Waals surface area contributed by atoms with Gasteiger partial charge >= 0.3 is 6.09 Å². The highest BCUT2D eigenvalue weighted by Gasteiger charge is 2.19. The second-order valence-corrected chi connectivity index (χ2v) is 11.6. The van der Waals surface area contributed by atoms with E-state index in [1.807, 2.05) is 51.1 Å². The number of likely N-dealkylation sites (N-methyl/N-ethyl adjacent to an activating group) is 1. The molecule has 0 heterocycles. The van der Waals surface area contributed by atoms with Crippen LogP contribution in [0.15, 0.2) is 30.3 Å². The molecule has 0 aliphatic rings. The number of carbonyl (C=O) groups excluding carboxylic acids is 1. The summed E-state index contributed by atoms with van der Waals surface area (Å²) >= 11 is 0. The van der Waals surface area contributed by atoms with Crippen LogP contribution >= 0.6 is 0 Å². The summed E-state index contributed by atoms with van der Waals surface area (Å²) in [7, 11) is 1.68. The molecule has 1 rings (SSSR count). The van der Waals surface area contributed by atoms with Gasteiger partial charge in [-0.25, -0.2) is 4.79 Å². The molecule has 0 saturated heterocycles. The fourth-order valence-electron chi connectivity index (χ4n) is 3.60. The molecule has 0 aromatic heterocycles. The lowest BCUT2D eigenvalue weighted by Gasteiger charge is -2.24. The van der Waals surface area contributed by atoms with E-state index in [2.05, 4.69) is 0 Å². The molecule has 0 N–H and O–H groups in total. The molecule has 1 aromatic rings. The van der Waals surface area contributed by atoms with Crippen LogP contribution in [-0.4, -0.2) is 169 Å². The van der Waals surface area contributed by atoms with Gasteiger partial charge in [-0.15, -0.1) is 0 Å². The number of hydrogen-bond acceptors (Lipinski definition) is 13. The van der Waals surface area contributed by atoms with Crippen molar-refractivity contribution in [2.45, 2.75) is 33.0 Å². The van der Waals surface area contributed by atoms with Gasteiger partial charge in [0.15, 0.2) is 0 Å². The summed E-state index contributed by atoms with van der Waals surface area (Å²) < 4.78 is 65.7. The van der Waals surface area contributed by atoms with Gasteiger partial charge in [0.2, 0.25) is 0 Å². The molecule has 14 nitrogen and oxygen atoms in total. The first-order valence-electron chi connectivity index (χ1n) is 17.2. The highest BCUT2D eigenvalue weighted by Crippen LogP contribution is 2.08. The van der Waals surface area contributed by atoms with Gasteiger partial charge in [0.1, 0.15) is 5.60 Å². The highest BCUT2D eigenvalue weighted by atomic mass is 16.6. The Bertz CT molecular complexity index is 845. The van der Waals surface area contributed by atoms with Crippen molar-refractivity contribution in [1.29, 1.82) is 0 Å². The van der Waals surface area contributed by atoms with Crippen molar-refractivity contribution in [3.8, 4) is 0 Å². The third kappa shape index (κ3) is 33.0. The minimum atomic E-state index is -0.510. The molecule has 0 atom stereocenters. The average Bonchev–Trinajstić information content (AvgIpc) is 3.08. The zero-order valence-corrected chi connectivity index (χ0v) is 30.4. The molecule has 0 aliphatic carbocycles. The molecule has 0 fully saturated rings. The van der Waals surface area contributed by atoms with Crippen LogP contribution < -0.4 is 0 Å². The monoisotopic (exact) mass is 705 g/mol. The number of hydrogen-bond donors (Lipinski definition) is 0. The number of rotatable bonds is 35. The molecule has 0 saturated carbocycles. The van der Waals surface area contributed by atoms with E-state index in [-0.39, 0.29) is 6.09 Å². The molecule has 14 heteroatoms. The predicted molar refractivity (Wildman–Crippen MR) is 183 cm³/mol. The summed E-state index contributed by atoms with van der Waals surface area (Å²) in [4.78, 5) is 13.3. The van der Waals surface area contributed by atoms with Crippen LogP contribution in [0.4, 0.5) is 4.79 Å². The Labute approximate surface area is 293 Å². The van der Waals surface area contributed by atoms with Crippen LogP contribution in [0.5, 0.6) is 0 Å². The van der Waals surface area contributed by atoms with E-state index in [1.54, 1.807) is 7.05 Å². The Kier molecular flexibility index (Phi) is 30.5. The SMILES string of the molecule is CN(CCOCCOCCOCCOCCOCCOCCOCCOCCOCCOCCOCc1ccccc1)C(=O)OC(C)(C)C. The van der Waals surface area contributed by atoms with Crippen molar-refractivity contribution >= 4 is 6.09 Å². The van der Waals surface area contributed by atoms with Crippen molar-refractivity contribution in [3.05, 3.63) is 35.9 Å². The fourth-order valence-corrected chi connectivity index (χ4v) is 3.60. The first-order chi connectivity index (χ1) is 23.9. The van der Waals surface area contributed by atoms with Crippen LogP contribution in [0, 0.1) is 0 Å². The minimum Gasteiger partial charge on any atom is -0.444 e. The van der Waals surface area contributed by atoms with Crippen LogP contribution in [-0.2, 0) is 63.4 Å². The van der Waals surface area contributed by atoms with E-state index < -0.39 is 5.60 Å². The lowest BCUT2D eigenvalue weighted by molar-refractivity contribution is -0.0279. The normalized spacial score (nSPS) is 11.7. The summed E-state index contributed by atoms with van der Waals surface area (Å²) in [6.45, 7) is 17.0. The molecular formula is C35H63NO13. The van der Waals surface area contributed by atoms with E-state index >= 15 is 0 Å². The average molecular weight is 706 g/mol. The summed E-state index contributed by atoms with van der Waals surface area (Å²) in [6.07, 6.45) is -0.364. The zero-order chi connectivity index (χ0) is 35.5. The van der Waals surface area contributed by atoms with Gasteiger partial charge in [-0.3, -0.25) is 0 Å². The second-order valence-electron chi connectivity index (χ2n) is 11.6. The maximum Gasteiger partial charge on any atom is 0.410 e. The van der Waals surface area contributed by atoms with Gasteiger partial charge in [-0.2, -0.15) is 0 Å². The molecule has 0 unspecified atom stereocenters. The third-order valence-electron chi connectivity index (χ3n) is 6.11. The molecule has 1 aromatic carbocycles. The topological polar surface area (TPSA) is 131 Å². The van der Waals surface area contributed by atoms with Gasteiger partial charge < -0.3 is 61.7 Å². The molecule has 0 spiro atoms. The van der Waals surface area contributed by atoms with Gasteiger partial charge in [0.05, 0.1) is 145 Å². The van der Waals surface area contributed by atoms with Gasteiger partial charge in [0, 0.05) is 13.6 Å². The summed E-state index contributed by atoms with van der Waals surface area (Å²) in [5, 5.41) is 0. The Morgan fingerprint density at radius 1 is 0.469 bits per heavy atom. The smallest absolute Gasteiger partial charge is 0.410 e. The molecule has 1 amide bonds. The number of nitrogens with zero attached hydrogens (tertiary/aromatic N) is 1. The van der Waals surface area contributed by atoms with Crippen LogP contribution in [0.3, 0.4) is 0 Å². The second kappa shape index (κ2) is 33.2. The van der Waals surface area contributed by atoms with Crippen molar-refractivity contribution in [2.24, 2.45) is 0 Å². The lowest BCUT2D eigenvalue weighted by atomic mass is 10.2. The summed E-state index contributed by atoms with van der Waals surface area (Å²) in [5.74, 6) is 0. The lowest BCUT2D eigenvalue weighted by Crippen LogP contribution is -2.36. The Morgan fingerprint density at radius 2 is 0.755 bits per heavy atom. The Morgan fingerprint density at radius 3 is 1.06 bits per heavy atom. The number of carbonyl (C=O) groups is 1. The Hall–Kier alpha value is -1.95. The predicted octanol–water partition coefficient (Wildman–Crippen LogP) is 3.24. The third-order valence-corrected chi connectivity index (χ3v) is 6.11. The minimum absolute atomic E-state index is 0.364. The van der Waals surface area contributed by atoms with Crippen molar-refractivity contribution in [3.63, 3.8) is 0 Å². The maximum absolute atomic E-state index is 11.9. The van der Waals surface area contributed by atoms with Crippen LogP contribution in [0.2, 0.25) is 0 Å². The van der Waals surface area contributed by atoms with Gasteiger partial charge in [-0.1, -0.05) is 30.3 Å². The number of benzene rings is 1. The first-order valence-corrected chi connectivity index (χ1v) is 17.2. The highest BCUT2D eigenvalue weighted by molar-refractivity contribution is 5.67. The van der Waals surface area contributed by atoms with E-state index in [0.29, 0.717) is 152 Å². The zero-order valence-electron chi connectivity index (χ0n) is 30.4. The first kappa shape index (κ1) is 45.1. The number of ether oxygens (including phenoxy) is 12. The van der Waals surface area contributed by atoms with E-state index in [4.69, 9.17) is 56.8 Å². The Balaban J connectivity index is 1.65. The standard InChI is InChI=1S/C35H63NO13/c1-35(2,3)49-34(37)36(4)10-11-38-12-13-39-14-15-40-16-17-41-18-19-42-20-21-43-22-23-44-24-25-45-26-27-46-28-29-47-30-31-48-32-33-8-6-5-7-9-33/h5-9H,10-32H2,1-4H3. The van der Waals surface area contributed by atoms with E-state index in [0.717, 1.165) is 5.56 Å². The molecule has 286 valence electrons. The van der Waals surface area contributed by atoms with Crippen molar-refractivity contribution < 1.29 is 61.6 Å². The van der Waals surface area contributed by atoms with Crippen LogP contribution in [0.25, 0.3) is 0 Å². The van der Waals surface area contributed by atoms with E-state index in [1.165, 1.54) is 4.90 Å². The van der Waals surface area contributed by atoms with Crippen LogP contribution in [0.1, 0.15) is 26.3 Å². The summed E-state index contributed by atoms with van der Waals surface area (Å²) in [5.41, 5.74) is 0.646. The quantitative estimate of drug-likeness (QED) is 0.0959.